The van der Waals surface area contributed by atoms with E-state index in [1.165, 1.54) is 29.7 Å². The number of aliphatic imine (C=N–C) groups is 1. The van der Waals surface area contributed by atoms with Crippen LogP contribution >= 0.6 is 0 Å². The Bertz CT molecular complexity index is 661. The highest BCUT2D eigenvalue weighted by atomic mass is 16.6. The fourth-order valence-corrected chi connectivity index (χ4v) is 3.65. The van der Waals surface area contributed by atoms with E-state index >= 15 is 0 Å². The summed E-state index contributed by atoms with van der Waals surface area (Å²) in [7, 11) is 0. The maximum absolute atomic E-state index is 12.2. The van der Waals surface area contributed by atoms with Crippen molar-refractivity contribution in [1.29, 1.82) is 0 Å². The minimum Gasteiger partial charge on any atom is -0.447 e. The molecule has 5 heteroatoms. The molecule has 0 aromatic heterocycles. The van der Waals surface area contributed by atoms with Crippen LogP contribution in [0.2, 0.25) is 0 Å². The number of rotatable bonds is 7. The number of amides is 1. The Morgan fingerprint density at radius 1 is 1.14 bits per heavy atom. The van der Waals surface area contributed by atoms with Crippen molar-refractivity contribution in [1.82, 2.24) is 9.80 Å². The van der Waals surface area contributed by atoms with Crippen molar-refractivity contribution in [3.63, 3.8) is 0 Å². The predicted octanol–water partition coefficient (Wildman–Crippen LogP) is 5.16. The van der Waals surface area contributed by atoms with Crippen LogP contribution in [0.15, 0.2) is 40.2 Å². The Labute approximate surface area is 170 Å². The molecule has 0 aromatic carbocycles. The standard InChI is InChI=1S/C23H37N3O2/c1-7-9-12-24-18(5)22(21(8-2)20-10-11-20)19(6)25-13-15-26(16-14-25)23(27)28-17(3)4/h8-9,12,17,20H,7,10-11,13-16H2,1-6H3/b12-9+,21-8-,22-19-,24-18+. The van der Waals surface area contributed by atoms with Crippen LogP contribution in [0.25, 0.3) is 0 Å². The lowest BCUT2D eigenvalue weighted by molar-refractivity contribution is 0.0620. The van der Waals surface area contributed by atoms with Crippen LogP contribution in [-0.2, 0) is 4.74 Å². The number of hydrogen-bond acceptors (Lipinski definition) is 4. The third-order valence-corrected chi connectivity index (χ3v) is 5.30. The molecule has 1 heterocycles. The topological polar surface area (TPSA) is 45.1 Å². The third-order valence-electron chi connectivity index (χ3n) is 5.30. The van der Waals surface area contributed by atoms with Crippen LogP contribution in [0.1, 0.15) is 60.8 Å². The molecule has 0 spiro atoms. The monoisotopic (exact) mass is 387 g/mol. The minimum absolute atomic E-state index is 0.0791. The van der Waals surface area contributed by atoms with Crippen LogP contribution in [-0.4, -0.2) is 53.9 Å². The van der Waals surface area contributed by atoms with Crippen LogP contribution in [0.5, 0.6) is 0 Å². The van der Waals surface area contributed by atoms with Crippen LogP contribution in [0.4, 0.5) is 4.79 Å². The van der Waals surface area contributed by atoms with E-state index in [-0.39, 0.29) is 12.2 Å². The number of ether oxygens (including phenoxy) is 1. The number of nitrogens with zero attached hydrogens (tertiary/aromatic N) is 3. The molecule has 0 N–H and O–H groups in total. The molecule has 2 aliphatic rings. The number of piperazine rings is 1. The van der Waals surface area contributed by atoms with Gasteiger partial charge in [0.1, 0.15) is 0 Å². The lowest BCUT2D eigenvalue weighted by Crippen LogP contribution is -2.48. The van der Waals surface area contributed by atoms with Crippen molar-refractivity contribution in [2.45, 2.75) is 66.9 Å². The van der Waals surface area contributed by atoms with Crippen molar-refractivity contribution >= 4 is 11.8 Å². The molecule has 0 aromatic rings. The SMILES string of the molecule is C\C=C(C(/C(C)=N/C=C/CC)=C(/C)N1CCN(C(=O)OC(C)C)CC1)\C1CC1. The van der Waals surface area contributed by atoms with Crippen molar-refractivity contribution in [2.75, 3.05) is 26.2 Å². The van der Waals surface area contributed by atoms with Crippen molar-refractivity contribution < 1.29 is 9.53 Å². The molecule has 28 heavy (non-hydrogen) atoms. The predicted molar refractivity (Wildman–Crippen MR) is 116 cm³/mol. The second-order valence-corrected chi connectivity index (χ2v) is 7.89. The smallest absolute Gasteiger partial charge is 0.410 e. The molecule has 1 aliphatic heterocycles. The number of carbonyl (C=O) groups excluding carboxylic acids is 1. The van der Waals surface area contributed by atoms with E-state index in [1.807, 2.05) is 24.9 Å². The zero-order chi connectivity index (χ0) is 20.7. The Balaban J connectivity index is 2.20. The number of allylic oxidation sites excluding steroid dienone is 5. The minimum atomic E-state index is -0.203. The highest BCUT2D eigenvalue weighted by molar-refractivity contribution is 6.03. The van der Waals surface area contributed by atoms with Gasteiger partial charge in [-0.1, -0.05) is 19.1 Å². The number of hydrogen-bond donors (Lipinski definition) is 0. The summed E-state index contributed by atoms with van der Waals surface area (Å²) in [5.41, 5.74) is 5.04. The van der Waals surface area contributed by atoms with Crippen molar-refractivity contribution in [3.05, 3.63) is 35.2 Å². The summed E-state index contributed by atoms with van der Waals surface area (Å²) in [6.45, 7) is 15.4. The van der Waals surface area contributed by atoms with Crippen LogP contribution in [0, 0.1) is 5.92 Å². The first-order valence-corrected chi connectivity index (χ1v) is 10.7. The van der Waals surface area contributed by atoms with E-state index in [2.05, 4.69) is 44.7 Å². The zero-order valence-corrected chi connectivity index (χ0v) is 18.5. The maximum atomic E-state index is 12.2. The Hall–Kier alpha value is -2.04. The maximum Gasteiger partial charge on any atom is 0.410 e. The molecule has 0 atom stereocenters. The fourth-order valence-electron chi connectivity index (χ4n) is 3.65. The molecule has 0 radical (unpaired) electrons. The summed E-state index contributed by atoms with van der Waals surface area (Å²) in [4.78, 5) is 21.1. The van der Waals surface area contributed by atoms with Crippen LogP contribution < -0.4 is 0 Å². The van der Waals surface area contributed by atoms with E-state index in [9.17, 15) is 4.79 Å². The highest BCUT2D eigenvalue weighted by Crippen LogP contribution is 2.41. The van der Waals surface area contributed by atoms with Gasteiger partial charge in [0, 0.05) is 49.4 Å². The normalized spacial score (nSPS) is 20.1. The molecule has 1 saturated carbocycles. The van der Waals surface area contributed by atoms with E-state index in [4.69, 9.17) is 9.73 Å². The summed E-state index contributed by atoms with van der Waals surface area (Å²) < 4.78 is 5.34. The van der Waals surface area contributed by atoms with Gasteiger partial charge in [-0.25, -0.2) is 4.79 Å². The summed E-state index contributed by atoms with van der Waals surface area (Å²) >= 11 is 0. The quantitative estimate of drug-likeness (QED) is 0.447. The Kier molecular flexibility index (Phi) is 8.34. The van der Waals surface area contributed by atoms with E-state index in [0.29, 0.717) is 19.0 Å². The first-order chi connectivity index (χ1) is 13.4. The van der Waals surface area contributed by atoms with Crippen molar-refractivity contribution in [2.24, 2.45) is 10.9 Å². The molecular weight excluding hydrogens is 350 g/mol. The largest absolute Gasteiger partial charge is 0.447 e. The van der Waals surface area contributed by atoms with E-state index in [1.54, 1.807) is 0 Å². The second-order valence-electron chi connectivity index (χ2n) is 7.89. The van der Waals surface area contributed by atoms with Gasteiger partial charge >= 0.3 is 6.09 Å². The molecular formula is C23H37N3O2. The molecule has 156 valence electrons. The summed E-state index contributed by atoms with van der Waals surface area (Å²) in [5, 5.41) is 0. The molecule has 2 rings (SSSR count). The average Bonchev–Trinajstić information content (AvgIpc) is 3.50. The van der Waals surface area contributed by atoms with Gasteiger partial charge in [-0.15, -0.1) is 0 Å². The third kappa shape index (κ3) is 5.98. The van der Waals surface area contributed by atoms with Gasteiger partial charge in [-0.2, -0.15) is 0 Å². The molecule has 0 bridgehead atoms. The van der Waals surface area contributed by atoms with E-state index < -0.39 is 0 Å². The lowest BCUT2D eigenvalue weighted by atomic mass is 9.95. The number of carbonyl (C=O) groups is 1. The molecule has 2 fully saturated rings. The lowest BCUT2D eigenvalue weighted by Gasteiger charge is -2.37. The molecule has 5 nitrogen and oxygen atoms in total. The molecule has 0 unspecified atom stereocenters. The van der Waals surface area contributed by atoms with E-state index in [0.717, 1.165) is 25.2 Å². The highest BCUT2D eigenvalue weighted by Gasteiger charge is 2.31. The zero-order valence-electron chi connectivity index (χ0n) is 18.5. The van der Waals surface area contributed by atoms with Gasteiger partial charge < -0.3 is 14.5 Å². The van der Waals surface area contributed by atoms with Gasteiger partial charge in [0.2, 0.25) is 0 Å². The summed E-state index contributed by atoms with van der Waals surface area (Å²) in [5.74, 6) is 0.664. The van der Waals surface area contributed by atoms with Gasteiger partial charge in [-0.3, -0.25) is 4.99 Å². The van der Waals surface area contributed by atoms with Crippen molar-refractivity contribution in [3.8, 4) is 0 Å². The first-order valence-electron chi connectivity index (χ1n) is 10.7. The fraction of sp³-hybridized carbons (Fsp3) is 0.652. The summed E-state index contributed by atoms with van der Waals surface area (Å²) in [6, 6.07) is 0. The average molecular weight is 388 g/mol. The first kappa shape index (κ1) is 22.3. The van der Waals surface area contributed by atoms with Gasteiger partial charge in [-0.05, 0) is 65.4 Å². The molecule has 1 aliphatic carbocycles. The van der Waals surface area contributed by atoms with Gasteiger partial charge in [0.25, 0.3) is 0 Å². The second kappa shape index (κ2) is 10.5. The summed E-state index contributed by atoms with van der Waals surface area (Å²) in [6.07, 6.45) is 9.50. The Morgan fingerprint density at radius 2 is 1.75 bits per heavy atom. The molecule has 1 amide bonds. The molecule has 1 saturated heterocycles. The van der Waals surface area contributed by atoms with Gasteiger partial charge in [0.15, 0.2) is 0 Å². The van der Waals surface area contributed by atoms with Crippen LogP contribution in [0.3, 0.4) is 0 Å². The Morgan fingerprint density at radius 3 is 2.25 bits per heavy atom. The van der Waals surface area contributed by atoms with Gasteiger partial charge in [0.05, 0.1) is 6.10 Å².